The summed E-state index contributed by atoms with van der Waals surface area (Å²) in [7, 11) is 0. The monoisotopic (exact) mass is 278 g/mol. The van der Waals surface area contributed by atoms with E-state index in [4.69, 9.17) is 5.73 Å². The van der Waals surface area contributed by atoms with Gasteiger partial charge in [0.2, 0.25) is 5.91 Å². The van der Waals surface area contributed by atoms with Gasteiger partial charge in [0.25, 0.3) is 0 Å². The van der Waals surface area contributed by atoms with Gasteiger partial charge in [-0.25, -0.2) is 0 Å². The van der Waals surface area contributed by atoms with E-state index < -0.39 is 5.54 Å². The molecule has 20 heavy (non-hydrogen) atoms. The van der Waals surface area contributed by atoms with Crippen LogP contribution >= 0.6 is 0 Å². The molecule has 2 N–H and O–H groups in total. The number of amides is 1. The summed E-state index contributed by atoms with van der Waals surface area (Å²) >= 11 is 0. The third-order valence-corrected chi connectivity index (χ3v) is 6.23. The van der Waals surface area contributed by atoms with Crippen molar-refractivity contribution < 1.29 is 4.79 Å². The molecule has 0 bridgehead atoms. The SMILES string of the molecule is CC1CCCC(N)(C(=O)N2CCC3(CCCC3)CC2)C1. The second kappa shape index (κ2) is 5.32. The molecule has 3 rings (SSSR count). The molecule has 1 amide bonds. The molecule has 3 nitrogen and oxygen atoms in total. The van der Waals surface area contributed by atoms with E-state index in [1.54, 1.807) is 0 Å². The molecule has 2 aliphatic carbocycles. The van der Waals surface area contributed by atoms with Crippen molar-refractivity contribution >= 4 is 5.91 Å². The first kappa shape index (κ1) is 14.4. The second-order valence-corrected chi connectivity index (χ2v) is 7.86. The van der Waals surface area contributed by atoms with Crippen molar-refractivity contribution in [1.82, 2.24) is 4.90 Å². The molecule has 3 aliphatic rings. The van der Waals surface area contributed by atoms with Gasteiger partial charge in [-0.3, -0.25) is 4.79 Å². The Kier molecular flexibility index (Phi) is 3.83. The highest BCUT2D eigenvalue weighted by atomic mass is 16.2. The predicted octanol–water partition coefficient (Wildman–Crippen LogP) is 3.08. The molecule has 2 atom stereocenters. The van der Waals surface area contributed by atoms with Crippen LogP contribution in [-0.2, 0) is 4.79 Å². The van der Waals surface area contributed by atoms with Gasteiger partial charge in [0.15, 0.2) is 0 Å². The number of hydrogen-bond acceptors (Lipinski definition) is 2. The molecule has 1 saturated heterocycles. The summed E-state index contributed by atoms with van der Waals surface area (Å²) in [6, 6.07) is 0. The quantitative estimate of drug-likeness (QED) is 0.801. The van der Waals surface area contributed by atoms with E-state index in [1.165, 1.54) is 44.9 Å². The van der Waals surface area contributed by atoms with Crippen LogP contribution in [0.5, 0.6) is 0 Å². The Morgan fingerprint density at radius 3 is 2.30 bits per heavy atom. The van der Waals surface area contributed by atoms with E-state index >= 15 is 0 Å². The summed E-state index contributed by atoms with van der Waals surface area (Å²) < 4.78 is 0. The molecule has 0 aromatic carbocycles. The number of carbonyl (C=O) groups is 1. The van der Waals surface area contributed by atoms with Gasteiger partial charge >= 0.3 is 0 Å². The maximum absolute atomic E-state index is 12.8. The fourth-order valence-corrected chi connectivity index (χ4v) is 4.91. The predicted molar refractivity (Wildman–Crippen MR) is 81.3 cm³/mol. The van der Waals surface area contributed by atoms with Crippen LogP contribution in [0.3, 0.4) is 0 Å². The molecule has 1 heterocycles. The molecule has 1 spiro atoms. The lowest BCUT2D eigenvalue weighted by atomic mass is 9.74. The molecule has 1 aliphatic heterocycles. The standard InChI is InChI=1S/C17H30N2O/c1-14-5-4-8-17(18,13-14)15(20)19-11-9-16(10-12-19)6-2-3-7-16/h14H,2-13,18H2,1H3. The van der Waals surface area contributed by atoms with E-state index in [1.807, 2.05) is 0 Å². The number of nitrogens with two attached hydrogens (primary N) is 1. The number of piperidine rings is 1. The Hall–Kier alpha value is -0.570. The summed E-state index contributed by atoms with van der Waals surface area (Å²) in [6.45, 7) is 4.14. The van der Waals surface area contributed by atoms with Crippen LogP contribution in [0.25, 0.3) is 0 Å². The van der Waals surface area contributed by atoms with Crippen LogP contribution in [0, 0.1) is 11.3 Å². The van der Waals surface area contributed by atoms with E-state index in [2.05, 4.69) is 11.8 Å². The Morgan fingerprint density at radius 2 is 1.70 bits per heavy atom. The van der Waals surface area contributed by atoms with Crippen molar-refractivity contribution in [2.75, 3.05) is 13.1 Å². The molecular weight excluding hydrogens is 248 g/mol. The van der Waals surface area contributed by atoms with Crippen molar-refractivity contribution in [1.29, 1.82) is 0 Å². The number of hydrogen-bond donors (Lipinski definition) is 1. The summed E-state index contributed by atoms with van der Waals surface area (Å²) in [5.41, 5.74) is 6.50. The molecule has 0 radical (unpaired) electrons. The lowest BCUT2D eigenvalue weighted by Crippen LogP contribution is -2.59. The second-order valence-electron chi connectivity index (χ2n) is 7.86. The zero-order chi connectivity index (χ0) is 14.2. The Bertz CT molecular complexity index is 365. The highest BCUT2D eigenvalue weighted by Crippen LogP contribution is 2.46. The average molecular weight is 278 g/mol. The van der Waals surface area contributed by atoms with Crippen molar-refractivity contribution in [3.63, 3.8) is 0 Å². The van der Waals surface area contributed by atoms with Gasteiger partial charge < -0.3 is 10.6 Å². The summed E-state index contributed by atoms with van der Waals surface area (Å²) in [4.78, 5) is 14.9. The minimum absolute atomic E-state index is 0.247. The number of likely N-dealkylation sites (tertiary alicyclic amines) is 1. The molecule has 2 saturated carbocycles. The number of rotatable bonds is 1. The Labute approximate surface area is 123 Å². The van der Waals surface area contributed by atoms with Gasteiger partial charge in [0.1, 0.15) is 0 Å². The fraction of sp³-hybridized carbons (Fsp3) is 0.941. The van der Waals surface area contributed by atoms with Crippen molar-refractivity contribution in [3.8, 4) is 0 Å². The Morgan fingerprint density at radius 1 is 1.05 bits per heavy atom. The van der Waals surface area contributed by atoms with Crippen LogP contribution in [0.2, 0.25) is 0 Å². The van der Waals surface area contributed by atoms with Crippen LogP contribution in [0.1, 0.15) is 71.1 Å². The van der Waals surface area contributed by atoms with Gasteiger partial charge in [0.05, 0.1) is 5.54 Å². The maximum atomic E-state index is 12.8. The largest absolute Gasteiger partial charge is 0.341 e. The molecule has 3 heteroatoms. The minimum Gasteiger partial charge on any atom is -0.341 e. The summed E-state index contributed by atoms with van der Waals surface area (Å²) in [6.07, 6.45) is 12.1. The van der Waals surface area contributed by atoms with Crippen molar-refractivity contribution in [2.24, 2.45) is 17.1 Å². The molecule has 3 fully saturated rings. The third-order valence-electron chi connectivity index (χ3n) is 6.23. The smallest absolute Gasteiger partial charge is 0.242 e. The van der Waals surface area contributed by atoms with Crippen LogP contribution < -0.4 is 5.73 Å². The van der Waals surface area contributed by atoms with Gasteiger partial charge in [-0.2, -0.15) is 0 Å². The van der Waals surface area contributed by atoms with Gasteiger partial charge in [-0.05, 0) is 49.9 Å². The summed E-state index contributed by atoms with van der Waals surface area (Å²) in [5.74, 6) is 0.848. The lowest BCUT2D eigenvalue weighted by molar-refractivity contribution is -0.141. The van der Waals surface area contributed by atoms with Crippen LogP contribution in [0.4, 0.5) is 0 Å². The highest BCUT2D eigenvalue weighted by Gasteiger charge is 2.44. The summed E-state index contributed by atoms with van der Waals surface area (Å²) in [5, 5.41) is 0. The zero-order valence-corrected chi connectivity index (χ0v) is 13.0. The molecule has 0 aromatic heterocycles. The fourth-order valence-electron chi connectivity index (χ4n) is 4.91. The first-order chi connectivity index (χ1) is 9.53. The number of carbonyl (C=O) groups excluding carboxylic acids is 1. The van der Waals surface area contributed by atoms with Crippen molar-refractivity contribution in [3.05, 3.63) is 0 Å². The van der Waals surface area contributed by atoms with E-state index in [0.717, 1.165) is 32.4 Å². The number of nitrogens with zero attached hydrogens (tertiary/aromatic N) is 1. The van der Waals surface area contributed by atoms with Gasteiger partial charge in [0, 0.05) is 13.1 Å². The molecular formula is C17H30N2O. The first-order valence-corrected chi connectivity index (χ1v) is 8.61. The van der Waals surface area contributed by atoms with Gasteiger partial charge in [-0.1, -0.05) is 32.6 Å². The highest BCUT2D eigenvalue weighted by molar-refractivity contribution is 5.86. The van der Waals surface area contributed by atoms with Gasteiger partial charge in [-0.15, -0.1) is 0 Å². The first-order valence-electron chi connectivity index (χ1n) is 8.61. The normalized spacial score (nSPS) is 37.3. The topological polar surface area (TPSA) is 46.3 Å². The zero-order valence-electron chi connectivity index (χ0n) is 13.0. The third kappa shape index (κ3) is 2.61. The van der Waals surface area contributed by atoms with E-state index in [0.29, 0.717) is 11.3 Å². The van der Waals surface area contributed by atoms with Crippen LogP contribution in [0.15, 0.2) is 0 Å². The van der Waals surface area contributed by atoms with E-state index in [-0.39, 0.29) is 5.91 Å². The minimum atomic E-state index is -0.558. The van der Waals surface area contributed by atoms with Crippen LogP contribution in [-0.4, -0.2) is 29.4 Å². The average Bonchev–Trinajstić information content (AvgIpc) is 2.87. The molecule has 2 unspecified atom stereocenters. The lowest BCUT2D eigenvalue weighted by Gasteiger charge is -2.44. The maximum Gasteiger partial charge on any atom is 0.242 e. The molecule has 0 aromatic rings. The van der Waals surface area contributed by atoms with E-state index in [9.17, 15) is 4.79 Å². The Balaban J connectivity index is 1.61. The van der Waals surface area contributed by atoms with Crippen molar-refractivity contribution in [2.45, 2.75) is 76.7 Å². The molecule has 114 valence electrons.